The van der Waals surface area contributed by atoms with Crippen LogP contribution in [0.15, 0.2) is 47.6 Å². The molecule has 0 atom stereocenters. The first-order chi connectivity index (χ1) is 14.4. The molecule has 0 aliphatic heterocycles. The summed E-state index contributed by atoms with van der Waals surface area (Å²) in [5, 5.41) is 2.78. The Morgan fingerprint density at radius 2 is 1.61 bits per heavy atom. The van der Waals surface area contributed by atoms with Crippen molar-refractivity contribution in [1.29, 1.82) is 0 Å². The zero-order chi connectivity index (χ0) is 23.3. The Bertz CT molecular complexity index is 916. The molecule has 0 bridgehead atoms. The van der Waals surface area contributed by atoms with Crippen molar-refractivity contribution in [3.8, 4) is 11.5 Å². The summed E-state index contributed by atoms with van der Waals surface area (Å²) in [6, 6.07) is 3.97. The van der Waals surface area contributed by atoms with E-state index in [1.807, 2.05) is 0 Å². The number of hydrogen-bond acceptors (Lipinski definition) is 4. The summed E-state index contributed by atoms with van der Waals surface area (Å²) in [6.07, 6.45) is -5.87. The molecule has 0 amide bonds. The van der Waals surface area contributed by atoms with Crippen molar-refractivity contribution >= 4 is 6.21 Å². The Hall–Kier alpha value is -3.05. The lowest BCUT2D eigenvalue weighted by atomic mass is 10.2. The van der Waals surface area contributed by atoms with Gasteiger partial charge in [-0.2, -0.15) is 35.8 Å². The molecular formula is C19H16F8N2O2. The van der Waals surface area contributed by atoms with Crippen molar-refractivity contribution < 1.29 is 44.6 Å². The standard InChI is InChI=1S/C19H16F8N2O2/c1-2-30-16-9-12(10-28-29-19(26,27)17(21,22)18(23,24)25)7-8-15(16)31-11-13-5-3-4-6-14(13)20/h3-10,29H,2,11H2,1H3/b28-10+. The Morgan fingerprint density at radius 3 is 2.23 bits per heavy atom. The Kier molecular flexibility index (Phi) is 7.34. The second-order valence-electron chi connectivity index (χ2n) is 6.04. The predicted octanol–water partition coefficient (Wildman–Crippen LogP) is 5.52. The summed E-state index contributed by atoms with van der Waals surface area (Å²) >= 11 is 0. The molecule has 0 unspecified atom stereocenters. The smallest absolute Gasteiger partial charge is 0.462 e. The summed E-state index contributed by atoms with van der Waals surface area (Å²) in [5.74, 6) is -6.58. The molecule has 0 heterocycles. The number of alkyl halides is 7. The van der Waals surface area contributed by atoms with Crippen LogP contribution in [0.1, 0.15) is 18.1 Å². The van der Waals surface area contributed by atoms with Crippen LogP contribution in [-0.4, -0.2) is 31.0 Å². The Balaban J connectivity index is 2.14. The number of hydrazone groups is 1. The third kappa shape index (κ3) is 5.76. The lowest BCUT2D eigenvalue weighted by molar-refractivity contribution is -0.361. The number of rotatable bonds is 9. The van der Waals surface area contributed by atoms with Crippen LogP contribution in [0, 0.1) is 5.82 Å². The lowest BCUT2D eigenvalue weighted by Crippen LogP contribution is -2.58. The zero-order valence-corrected chi connectivity index (χ0v) is 15.8. The molecule has 2 aromatic carbocycles. The van der Waals surface area contributed by atoms with E-state index in [4.69, 9.17) is 9.47 Å². The number of ether oxygens (including phenoxy) is 2. The van der Waals surface area contributed by atoms with Crippen LogP contribution in [-0.2, 0) is 6.61 Å². The summed E-state index contributed by atoms with van der Waals surface area (Å²) in [7, 11) is 0. The largest absolute Gasteiger partial charge is 0.490 e. The first-order valence-electron chi connectivity index (χ1n) is 8.64. The van der Waals surface area contributed by atoms with Crippen LogP contribution in [0.25, 0.3) is 0 Å². The van der Waals surface area contributed by atoms with Crippen LogP contribution in [0.3, 0.4) is 0 Å². The minimum absolute atomic E-state index is 0.0281. The van der Waals surface area contributed by atoms with Crippen molar-refractivity contribution in [3.63, 3.8) is 0 Å². The molecule has 2 aromatic rings. The molecular weight excluding hydrogens is 440 g/mol. The van der Waals surface area contributed by atoms with E-state index < -0.39 is 24.0 Å². The maximum atomic E-state index is 13.7. The van der Waals surface area contributed by atoms with Gasteiger partial charge in [0.2, 0.25) is 0 Å². The van der Waals surface area contributed by atoms with Gasteiger partial charge in [0, 0.05) is 5.56 Å². The fraction of sp³-hybridized carbons (Fsp3) is 0.316. The summed E-state index contributed by atoms with van der Waals surface area (Å²) < 4.78 is 113. The highest BCUT2D eigenvalue weighted by atomic mass is 19.4. The van der Waals surface area contributed by atoms with Crippen molar-refractivity contribution in [3.05, 3.63) is 59.4 Å². The SMILES string of the molecule is CCOc1cc(/C=N/NC(F)(F)C(F)(F)C(F)(F)F)ccc1OCc1ccccc1F. The average molecular weight is 456 g/mol. The quantitative estimate of drug-likeness (QED) is 0.234. The molecule has 0 aliphatic rings. The number of nitrogens with zero attached hydrogens (tertiary/aromatic N) is 1. The topological polar surface area (TPSA) is 42.8 Å². The molecule has 31 heavy (non-hydrogen) atoms. The highest BCUT2D eigenvalue weighted by Crippen LogP contribution is 2.45. The average Bonchev–Trinajstić information content (AvgIpc) is 2.67. The molecule has 0 saturated carbocycles. The van der Waals surface area contributed by atoms with Gasteiger partial charge >= 0.3 is 18.1 Å². The van der Waals surface area contributed by atoms with Crippen LogP contribution in [0.2, 0.25) is 0 Å². The molecule has 170 valence electrons. The van der Waals surface area contributed by atoms with Crippen LogP contribution >= 0.6 is 0 Å². The van der Waals surface area contributed by atoms with Crippen LogP contribution in [0.4, 0.5) is 35.1 Å². The van der Waals surface area contributed by atoms with E-state index in [0.29, 0.717) is 11.6 Å². The van der Waals surface area contributed by atoms with Gasteiger partial charge in [0.15, 0.2) is 11.5 Å². The fourth-order valence-corrected chi connectivity index (χ4v) is 2.20. The molecule has 4 nitrogen and oxygen atoms in total. The predicted molar refractivity (Wildman–Crippen MR) is 95.0 cm³/mol. The zero-order valence-electron chi connectivity index (χ0n) is 15.8. The molecule has 2 rings (SSSR count). The molecule has 0 aromatic heterocycles. The lowest BCUT2D eigenvalue weighted by Gasteiger charge is -2.27. The highest BCUT2D eigenvalue weighted by Gasteiger charge is 2.73. The summed E-state index contributed by atoms with van der Waals surface area (Å²) in [4.78, 5) is 0. The molecule has 0 radical (unpaired) electrons. The summed E-state index contributed by atoms with van der Waals surface area (Å²) in [5.41, 5.74) is 0.811. The van der Waals surface area contributed by atoms with Gasteiger partial charge in [0.05, 0.1) is 12.8 Å². The number of hydrogen-bond donors (Lipinski definition) is 1. The van der Waals surface area contributed by atoms with Crippen LogP contribution in [0.5, 0.6) is 11.5 Å². The molecule has 12 heteroatoms. The van der Waals surface area contributed by atoms with E-state index in [9.17, 15) is 35.1 Å². The maximum Gasteiger partial charge on any atom is 0.462 e. The minimum atomic E-state index is -6.47. The van der Waals surface area contributed by atoms with Crippen LogP contribution < -0.4 is 14.9 Å². The second-order valence-corrected chi connectivity index (χ2v) is 6.04. The number of nitrogens with one attached hydrogen (secondary N) is 1. The van der Waals surface area contributed by atoms with E-state index in [0.717, 1.165) is 0 Å². The third-order valence-corrected chi connectivity index (χ3v) is 3.78. The van der Waals surface area contributed by atoms with E-state index >= 15 is 0 Å². The van der Waals surface area contributed by atoms with Gasteiger partial charge in [-0.1, -0.05) is 18.2 Å². The van der Waals surface area contributed by atoms with Gasteiger partial charge in [-0.05, 0) is 36.8 Å². The fourth-order valence-electron chi connectivity index (χ4n) is 2.20. The Labute approximate surface area is 171 Å². The Morgan fingerprint density at radius 1 is 0.935 bits per heavy atom. The van der Waals surface area contributed by atoms with Crippen molar-refractivity contribution in [2.24, 2.45) is 5.10 Å². The number of benzene rings is 2. The van der Waals surface area contributed by atoms with E-state index in [1.54, 1.807) is 13.0 Å². The molecule has 0 spiro atoms. The van der Waals surface area contributed by atoms with Crippen molar-refractivity contribution in [2.45, 2.75) is 31.7 Å². The minimum Gasteiger partial charge on any atom is -0.490 e. The number of halogens is 8. The van der Waals surface area contributed by atoms with Gasteiger partial charge in [0.1, 0.15) is 12.4 Å². The van der Waals surface area contributed by atoms with Gasteiger partial charge in [-0.3, -0.25) is 0 Å². The van der Waals surface area contributed by atoms with Crippen molar-refractivity contribution in [2.75, 3.05) is 6.61 Å². The molecule has 0 saturated heterocycles. The van der Waals surface area contributed by atoms with Crippen molar-refractivity contribution in [1.82, 2.24) is 5.43 Å². The van der Waals surface area contributed by atoms with E-state index in [-0.39, 0.29) is 35.8 Å². The molecule has 0 fully saturated rings. The van der Waals surface area contributed by atoms with E-state index in [1.165, 1.54) is 36.4 Å². The maximum absolute atomic E-state index is 13.7. The third-order valence-electron chi connectivity index (χ3n) is 3.78. The summed E-state index contributed by atoms with van der Waals surface area (Å²) in [6.45, 7) is 1.63. The van der Waals surface area contributed by atoms with E-state index in [2.05, 4.69) is 5.10 Å². The first-order valence-corrected chi connectivity index (χ1v) is 8.64. The molecule has 1 N–H and O–H groups in total. The van der Waals surface area contributed by atoms with Gasteiger partial charge in [-0.15, -0.1) is 0 Å². The van der Waals surface area contributed by atoms with Gasteiger partial charge in [0.25, 0.3) is 0 Å². The monoisotopic (exact) mass is 456 g/mol. The van der Waals surface area contributed by atoms with Gasteiger partial charge in [-0.25, -0.2) is 9.82 Å². The first kappa shape index (κ1) is 24.2. The highest BCUT2D eigenvalue weighted by molar-refractivity contribution is 5.80. The second kappa shape index (κ2) is 9.40. The normalized spacial score (nSPS) is 12.8. The van der Waals surface area contributed by atoms with Gasteiger partial charge < -0.3 is 9.47 Å². The molecule has 0 aliphatic carbocycles.